The van der Waals surface area contributed by atoms with Crippen LogP contribution in [0.15, 0.2) is 27.1 Å². The third-order valence-corrected chi connectivity index (χ3v) is 4.07. The smallest absolute Gasteiger partial charge is 0.306 e. The van der Waals surface area contributed by atoms with Crippen LogP contribution in [-0.4, -0.2) is 12.6 Å². The highest BCUT2D eigenvalue weighted by atomic mass is 79.9. The standard InChI is InChI=1S/C15H20Br2O2/c1-4-11(7-15(18)19-9-10(2)3)13-6-5-12(16)8-14(13)17/h5-6,8,10-11H,4,7,9H2,1-3H3. The molecule has 4 heteroatoms. The largest absolute Gasteiger partial charge is 0.465 e. The van der Waals surface area contributed by atoms with E-state index in [0.717, 1.165) is 20.9 Å². The predicted molar refractivity (Wildman–Crippen MR) is 85.3 cm³/mol. The van der Waals surface area contributed by atoms with Crippen molar-refractivity contribution < 1.29 is 9.53 Å². The van der Waals surface area contributed by atoms with Gasteiger partial charge in [0.05, 0.1) is 13.0 Å². The number of carbonyl (C=O) groups is 1. The minimum atomic E-state index is -0.115. The summed E-state index contributed by atoms with van der Waals surface area (Å²) in [5, 5.41) is 0. The molecule has 0 bridgehead atoms. The van der Waals surface area contributed by atoms with E-state index in [1.165, 1.54) is 0 Å². The van der Waals surface area contributed by atoms with Gasteiger partial charge in [-0.2, -0.15) is 0 Å². The Morgan fingerprint density at radius 3 is 2.53 bits per heavy atom. The number of ether oxygens (including phenoxy) is 1. The van der Waals surface area contributed by atoms with Gasteiger partial charge in [-0.05, 0) is 36.0 Å². The summed E-state index contributed by atoms with van der Waals surface area (Å²) in [6.07, 6.45) is 1.35. The van der Waals surface area contributed by atoms with Crippen molar-refractivity contribution in [3.05, 3.63) is 32.7 Å². The van der Waals surface area contributed by atoms with Crippen molar-refractivity contribution in [3.8, 4) is 0 Å². The Labute approximate surface area is 132 Å². The van der Waals surface area contributed by atoms with E-state index in [1.807, 2.05) is 26.0 Å². The van der Waals surface area contributed by atoms with E-state index in [0.29, 0.717) is 18.9 Å². The van der Waals surface area contributed by atoms with Gasteiger partial charge in [-0.25, -0.2) is 0 Å². The third-order valence-electron chi connectivity index (χ3n) is 2.89. The molecule has 0 aliphatic heterocycles. The minimum Gasteiger partial charge on any atom is -0.465 e. The van der Waals surface area contributed by atoms with Crippen LogP contribution in [-0.2, 0) is 9.53 Å². The second kappa shape index (κ2) is 8.05. The zero-order valence-corrected chi connectivity index (χ0v) is 14.8. The van der Waals surface area contributed by atoms with Gasteiger partial charge in [-0.15, -0.1) is 0 Å². The summed E-state index contributed by atoms with van der Waals surface area (Å²) in [5.74, 6) is 0.459. The van der Waals surface area contributed by atoms with E-state index < -0.39 is 0 Å². The average molecular weight is 392 g/mol. The van der Waals surface area contributed by atoms with Crippen LogP contribution in [0.2, 0.25) is 0 Å². The summed E-state index contributed by atoms with van der Waals surface area (Å²) in [5.41, 5.74) is 1.16. The molecule has 0 fully saturated rings. The maximum atomic E-state index is 11.8. The van der Waals surface area contributed by atoms with Gasteiger partial charge in [0.1, 0.15) is 0 Å². The lowest BCUT2D eigenvalue weighted by atomic mass is 9.93. The topological polar surface area (TPSA) is 26.3 Å². The third kappa shape index (κ3) is 5.65. The van der Waals surface area contributed by atoms with Gasteiger partial charge in [-0.1, -0.05) is 58.7 Å². The van der Waals surface area contributed by atoms with Gasteiger partial charge in [0.2, 0.25) is 0 Å². The van der Waals surface area contributed by atoms with Crippen LogP contribution in [0.25, 0.3) is 0 Å². The fourth-order valence-electron chi connectivity index (χ4n) is 1.83. The molecule has 0 N–H and O–H groups in total. The number of carbonyl (C=O) groups excluding carboxylic acids is 1. The Balaban J connectivity index is 2.70. The first-order chi connectivity index (χ1) is 8.93. The van der Waals surface area contributed by atoms with Crippen LogP contribution < -0.4 is 0 Å². The Hall–Kier alpha value is -0.350. The minimum absolute atomic E-state index is 0.115. The summed E-state index contributed by atoms with van der Waals surface area (Å²) in [7, 11) is 0. The summed E-state index contributed by atoms with van der Waals surface area (Å²) in [6, 6.07) is 6.07. The highest BCUT2D eigenvalue weighted by molar-refractivity contribution is 9.11. The maximum Gasteiger partial charge on any atom is 0.306 e. The second-order valence-corrected chi connectivity index (χ2v) is 6.82. The van der Waals surface area contributed by atoms with Gasteiger partial charge in [0.25, 0.3) is 0 Å². The Bertz CT molecular complexity index is 430. The molecule has 0 radical (unpaired) electrons. The first-order valence-corrected chi connectivity index (χ1v) is 8.13. The Morgan fingerprint density at radius 1 is 1.32 bits per heavy atom. The van der Waals surface area contributed by atoms with Crippen LogP contribution >= 0.6 is 31.9 Å². The average Bonchev–Trinajstić information content (AvgIpc) is 2.34. The lowest BCUT2D eigenvalue weighted by Gasteiger charge is -2.17. The molecule has 1 rings (SSSR count). The molecule has 1 atom stereocenters. The number of hydrogen-bond donors (Lipinski definition) is 0. The van der Waals surface area contributed by atoms with Crippen LogP contribution in [0.5, 0.6) is 0 Å². The molecule has 0 amide bonds. The SMILES string of the molecule is CCC(CC(=O)OCC(C)C)c1ccc(Br)cc1Br. The maximum absolute atomic E-state index is 11.8. The highest BCUT2D eigenvalue weighted by Crippen LogP contribution is 2.32. The molecular weight excluding hydrogens is 372 g/mol. The molecule has 0 heterocycles. The van der Waals surface area contributed by atoms with Crippen molar-refractivity contribution in [2.75, 3.05) is 6.61 Å². The molecule has 1 aromatic rings. The first kappa shape index (κ1) is 16.7. The van der Waals surface area contributed by atoms with Crippen LogP contribution in [0.4, 0.5) is 0 Å². The van der Waals surface area contributed by atoms with E-state index in [4.69, 9.17) is 4.74 Å². The van der Waals surface area contributed by atoms with Crippen molar-refractivity contribution in [2.45, 2.75) is 39.5 Å². The molecule has 106 valence electrons. The van der Waals surface area contributed by atoms with Crippen LogP contribution in [0.3, 0.4) is 0 Å². The summed E-state index contributed by atoms with van der Waals surface area (Å²) in [4.78, 5) is 11.8. The molecule has 19 heavy (non-hydrogen) atoms. The van der Waals surface area contributed by atoms with Crippen molar-refractivity contribution in [1.82, 2.24) is 0 Å². The monoisotopic (exact) mass is 390 g/mol. The van der Waals surface area contributed by atoms with Gasteiger partial charge in [-0.3, -0.25) is 4.79 Å². The quantitative estimate of drug-likeness (QED) is 0.615. The van der Waals surface area contributed by atoms with Crippen LogP contribution in [0, 0.1) is 5.92 Å². The fraction of sp³-hybridized carbons (Fsp3) is 0.533. The van der Waals surface area contributed by atoms with Crippen molar-refractivity contribution in [2.24, 2.45) is 5.92 Å². The molecule has 0 saturated heterocycles. The lowest BCUT2D eigenvalue weighted by Crippen LogP contribution is -2.13. The summed E-state index contributed by atoms with van der Waals surface area (Å²) >= 11 is 7.00. The Kier molecular flexibility index (Phi) is 7.08. The van der Waals surface area contributed by atoms with Crippen molar-refractivity contribution >= 4 is 37.8 Å². The zero-order valence-electron chi connectivity index (χ0n) is 11.6. The van der Waals surface area contributed by atoms with Gasteiger partial charge in [0.15, 0.2) is 0 Å². The van der Waals surface area contributed by atoms with Gasteiger partial charge >= 0.3 is 5.97 Å². The summed E-state index contributed by atoms with van der Waals surface area (Å²) < 4.78 is 7.32. The van der Waals surface area contributed by atoms with E-state index >= 15 is 0 Å². The van der Waals surface area contributed by atoms with E-state index in [1.54, 1.807) is 0 Å². The molecule has 1 aromatic carbocycles. The number of rotatable bonds is 6. The normalized spacial score (nSPS) is 12.5. The van der Waals surface area contributed by atoms with Gasteiger partial charge < -0.3 is 4.74 Å². The molecule has 0 saturated carbocycles. The van der Waals surface area contributed by atoms with Gasteiger partial charge in [0, 0.05) is 8.95 Å². The van der Waals surface area contributed by atoms with E-state index in [2.05, 4.69) is 44.8 Å². The van der Waals surface area contributed by atoms with E-state index in [9.17, 15) is 4.79 Å². The number of esters is 1. The van der Waals surface area contributed by atoms with E-state index in [-0.39, 0.29) is 11.9 Å². The van der Waals surface area contributed by atoms with Crippen molar-refractivity contribution in [1.29, 1.82) is 0 Å². The lowest BCUT2D eigenvalue weighted by molar-refractivity contribution is -0.145. The molecule has 0 aliphatic rings. The number of halogens is 2. The molecule has 2 nitrogen and oxygen atoms in total. The Morgan fingerprint density at radius 2 is 2.00 bits per heavy atom. The zero-order chi connectivity index (χ0) is 14.4. The fourth-order valence-corrected chi connectivity index (χ4v) is 3.20. The predicted octanol–water partition coefficient (Wildman–Crippen LogP) is 5.29. The second-order valence-electron chi connectivity index (χ2n) is 5.05. The molecule has 0 aliphatic carbocycles. The van der Waals surface area contributed by atoms with Crippen molar-refractivity contribution in [3.63, 3.8) is 0 Å². The number of benzene rings is 1. The molecular formula is C15H20Br2O2. The molecule has 0 aromatic heterocycles. The summed E-state index contributed by atoms with van der Waals surface area (Å²) in [6.45, 7) is 6.66. The number of hydrogen-bond acceptors (Lipinski definition) is 2. The molecule has 0 spiro atoms. The van der Waals surface area contributed by atoms with Crippen LogP contribution in [0.1, 0.15) is 45.1 Å². The molecule has 1 unspecified atom stereocenters. The highest BCUT2D eigenvalue weighted by Gasteiger charge is 2.18. The first-order valence-electron chi connectivity index (χ1n) is 6.54.